The summed E-state index contributed by atoms with van der Waals surface area (Å²) in [5, 5.41) is 0. The van der Waals surface area contributed by atoms with E-state index in [4.69, 9.17) is 5.73 Å². The van der Waals surface area contributed by atoms with Crippen molar-refractivity contribution in [2.24, 2.45) is 11.1 Å². The maximum Gasteiger partial charge on any atom is 0.223 e. The van der Waals surface area contributed by atoms with Crippen LogP contribution in [-0.2, 0) is 14.8 Å². The smallest absolute Gasteiger partial charge is 0.223 e. The van der Waals surface area contributed by atoms with Crippen LogP contribution in [0, 0.1) is 5.41 Å². The van der Waals surface area contributed by atoms with Crippen LogP contribution < -0.4 is 5.73 Å². The molecule has 1 aliphatic heterocycles. The van der Waals surface area contributed by atoms with Crippen molar-refractivity contribution in [3.8, 4) is 0 Å². The van der Waals surface area contributed by atoms with Gasteiger partial charge < -0.3 is 10.6 Å². The molecule has 2 aliphatic rings. The van der Waals surface area contributed by atoms with E-state index in [0.29, 0.717) is 39.1 Å². The molecule has 8 heteroatoms. The van der Waals surface area contributed by atoms with Gasteiger partial charge in [0.2, 0.25) is 15.9 Å². The number of sulfonamides is 1. The molecule has 2 fully saturated rings. The van der Waals surface area contributed by atoms with Gasteiger partial charge in [0.1, 0.15) is 0 Å². The van der Waals surface area contributed by atoms with Crippen LogP contribution in [-0.4, -0.2) is 62.5 Å². The summed E-state index contributed by atoms with van der Waals surface area (Å²) in [6.45, 7) is 2.36. The van der Waals surface area contributed by atoms with Gasteiger partial charge in [-0.1, -0.05) is 19.3 Å². The van der Waals surface area contributed by atoms with Crippen LogP contribution in [0.4, 0.5) is 0 Å². The molecular formula is C14H28ClN3O3S. The Bertz CT molecular complexity index is 470. The van der Waals surface area contributed by atoms with E-state index >= 15 is 0 Å². The van der Waals surface area contributed by atoms with E-state index in [2.05, 4.69) is 0 Å². The SMILES string of the molecule is CS(=O)(=O)N1CCN(C(=O)CC2(CN)CCCCC2)CC1.Cl. The highest BCUT2D eigenvalue weighted by Crippen LogP contribution is 2.38. The molecule has 1 amide bonds. The van der Waals surface area contributed by atoms with Crippen molar-refractivity contribution >= 4 is 28.3 Å². The number of piperazine rings is 1. The highest BCUT2D eigenvalue weighted by atomic mass is 35.5. The van der Waals surface area contributed by atoms with Gasteiger partial charge in [-0.25, -0.2) is 8.42 Å². The second kappa shape index (κ2) is 7.95. The minimum absolute atomic E-state index is 0. The summed E-state index contributed by atoms with van der Waals surface area (Å²) in [5.74, 6) is 0.135. The lowest BCUT2D eigenvalue weighted by Crippen LogP contribution is -2.51. The highest BCUT2D eigenvalue weighted by molar-refractivity contribution is 7.88. The first kappa shape index (κ1) is 19.7. The molecular weight excluding hydrogens is 326 g/mol. The molecule has 2 rings (SSSR count). The van der Waals surface area contributed by atoms with Crippen molar-refractivity contribution in [3.63, 3.8) is 0 Å². The molecule has 0 aromatic carbocycles. The molecule has 130 valence electrons. The van der Waals surface area contributed by atoms with Crippen molar-refractivity contribution in [2.45, 2.75) is 38.5 Å². The van der Waals surface area contributed by atoms with Crippen LogP contribution in [0.5, 0.6) is 0 Å². The molecule has 2 N–H and O–H groups in total. The number of hydrogen-bond acceptors (Lipinski definition) is 4. The Morgan fingerprint density at radius 1 is 1.09 bits per heavy atom. The van der Waals surface area contributed by atoms with Gasteiger partial charge in [0.25, 0.3) is 0 Å². The summed E-state index contributed by atoms with van der Waals surface area (Å²) >= 11 is 0. The third kappa shape index (κ3) is 4.81. The number of amides is 1. The lowest BCUT2D eigenvalue weighted by molar-refractivity contribution is -0.135. The average molecular weight is 354 g/mol. The van der Waals surface area contributed by atoms with E-state index < -0.39 is 10.0 Å². The van der Waals surface area contributed by atoms with Gasteiger partial charge in [-0.15, -0.1) is 12.4 Å². The first-order valence-electron chi connectivity index (χ1n) is 7.79. The average Bonchev–Trinajstić information content (AvgIpc) is 2.47. The predicted octanol–water partition coefficient (Wildman–Crippen LogP) is 0.811. The fourth-order valence-electron chi connectivity index (χ4n) is 3.46. The van der Waals surface area contributed by atoms with E-state index in [1.54, 1.807) is 4.90 Å². The zero-order valence-corrected chi connectivity index (χ0v) is 14.9. The molecule has 1 aliphatic carbocycles. The summed E-state index contributed by atoms with van der Waals surface area (Å²) in [6, 6.07) is 0. The number of carbonyl (C=O) groups excluding carboxylic acids is 1. The van der Waals surface area contributed by atoms with Gasteiger partial charge >= 0.3 is 0 Å². The number of nitrogens with two attached hydrogens (primary N) is 1. The molecule has 1 saturated heterocycles. The van der Waals surface area contributed by atoms with Crippen molar-refractivity contribution < 1.29 is 13.2 Å². The maximum atomic E-state index is 12.5. The summed E-state index contributed by atoms with van der Waals surface area (Å²) in [4.78, 5) is 14.3. The molecule has 0 unspecified atom stereocenters. The van der Waals surface area contributed by atoms with Crippen LogP contribution in [0.25, 0.3) is 0 Å². The second-order valence-electron chi connectivity index (χ2n) is 6.48. The Morgan fingerprint density at radius 3 is 2.09 bits per heavy atom. The van der Waals surface area contributed by atoms with Crippen LogP contribution in [0.15, 0.2) is 0 Å². The summed E-state index contributed by atoms with van der Waals surface area (Å²) in [5.41, 5.74) is 5.91. The van der Waals surface area contributed by atoms with Gasteiger partial charge in [0, 0.05) is 32.6 Å². The lowest BCUT2D eigenvalue weighted by Gasteiger charge is -2.39. The van der Waals surface area contributed by atoms with Crippen molar-refractivity contribution in [3.05, 3.63) is 0 Å². The monoisotopic (exact) mass is 353 g/mol. The molecule has 22 heavy (non-hydrogen) atoms. The van der Waals surface area contributed by atoms with Crippen LogP contribution in [0.2, 0.25) is 0 Å². The second-order valence-corrected chi connectivity index (χ2v) is 8.47. The van der Waals surface area contributed by atoms with Crippen LogP contribution >= 0.6 is 12.4 Å². The zero-order chi connectivity index (χ0) is 15.5. The van der Waals surface area contributed by atoms with E-state index in [0.717, 1.165) is 25.7 Å². The number of halogens is 1. The van der Waals surface area contributed by atoms with Gasteiger partial charge in [-0.3, -0.25) is 4.79 Å². The molecule has 1 heterocycles. The van der Waals surface area contributed by atoms with E-state index in [1.807, 2.05) is 0 Å². The fraction of sp³-hybridized carbons (Fsp3) is 0.929. The highest BCUT2D eigenvalue weighted by Gasteiger charge is 2.35. The van der Waals surface area contributed by atoms with Crippen molar-refractivity contribution in [1.82, 2.24) is 9.21 Å². The molecule has 0 aromatic heterocycles. The maximum absolute atomic E-state index is 12.5. The fourth-order valence-corrected chi connectivity index (χ4v) is 4.28. The molecule has 0 radical (unpaired) electrons. The Balaban J connectivity index is 0.00000242. The van der Waals surface area contributed by atoms with Gasteiger partial charge in [0.15, 0.2) is 0 Å². The summed E-state index contributed by atoms with van der Waals surface area (Å²) in [6.07, 6.45) is 7.37. The molecule has 0 bridgehead atoms. The zero-order valence-electron chi connectivity index (χ0n) is 13.3. The lowest BCUT2D eigenvalue weighted by atomic mass is 9.71. The Hall–Kier alpha value is -0.370. The Labute approximate surface area is 139 Å². The molecule has 0 spiro atoms. The van der Waals surface area contributed by atoms with E-state index in [-0.39, 0.29) is 23.7 Å². The summed E-state index contributed by atoms with van der Waals surface area (Å²) < 4.78 is 24.4. The Kier molecular flexibility index (Phi) is 7.11. The number of carbonyl (C=O) groups is 1. The molecule has 1 saturated carbocycles. The van der Waals surface area contributed by atoms with E-state index in [1.165, 1.54) is 17.0 Å². The molecule has 6 nitrogen and oxygen atoms in total. The predicted molar refractivity (Wildman–Crippen MR) is 89.4 cm³/mol. The molecule has 0 aromatic rings. The summed E-state index contributed by atoms with van der Waals surface area (Å²) in [7, 11) is -3.14. The van der Waals surface area contributed by atoms with E-state index in [9.17, 15) is 13.2 Å². The third-order valence-corrected chi connectivity index (χ3v) is 6.24. The third-order valence-electron chi connectivity index (χ3n) is 4.93. The minimum Gasteiger partial charge on any atom is -0.340 e. The van der Waals surface area contributed by atoms with Crippen molar-refractivity contribution in [1.29, 1.82) is 0 Å². The number of hydrogen-bond donors (Lipinski definition) is 1. The normalized spacial score (nSPS) is 22.9. The number of rotatable bonds is 4. The standard InChI is InChI=1S/C14H27N3O3S.ClH/c1-21(19,20)17-9-7-16(8-10-17)13(18)11-14(12-15)5-3-2-4-6-14;/h2-12,15H2,1H3;1H. The largest absolute Gasteiger partial charge is 0.340 e. The topological polar surface area (TPSA) is 83.7 Å². The van der Waals surface area contributed by atoms with Gasteiger partial charge in [-0.05, 0) is 24.8 Å². The first-order chi connectivity index (χ1) is 9.86. The van der Waals surface area contributed by atoms with Crippen LogP contribution in [0.3, 0.4) is 0 Å². The Morgan fingerprint density at radius 2 is 1.64 bits per heavy atom. The van der Waals surface area contributed by atoms with Crippen LogP contribution in [0.1, 0.15) is 38.5 Å². The van der Waals surface area contributed by atoms with Crippen molar-refractivity contribution in [2.75, 3.05) is 39.0 Å². The van der Waals surface area contributed by atoms with Gasteiger partial charge in [0.05, 0.1) is 6.26 Å². The number of nitrogens with zero attached hydrogens (tertiary/aromatic N) is 2. The quantitative estimate of drug-likeness (QED) is 0.810. The molecule has 0 atom stereocenters. The first-order valence-corrected chi connectivity index (χ1v) is 9.64. The van der Waals surface area contributed by atoms with Gasteiger partial charge in [-0.2, -0.15) is 4.31 Å². The minimum atomic E-state index is -3.14.